The Morgan fingerprint density at radius 3 is 2.75 bits per heavy atom. The van der Waals surface area contributed by atoms with Gasteiger partial charge in [-0.3, -0.25) is 9.89 Å². The maximum atomic E-state index is 14.0. The van der Waals surface area contributed by atoms with Crippen LogP contribution in [0.5, 0.6) is 5.75 Å². The third-order valence-corrected chi connectivity index (χ3v) is 4.35. The summed E-state index contributed by atoms with van der Waals surface area (Å²) >= 11 is 0. The molecule has 3 aromatic rings. The molecule has 0 bridgehead atoms. The fourth-order valence-corrected chi connectivity index (χ4v) is 2.97. The third kappa shape index (κ3) is 3.71. The number of nitrogens with zero attached hydrogens (tertiary/aromatic N) is 2. The lowest BCUT2D eigenvalue weighted by Gasteiger charge is -2.20. The monoisotopic (exact) mass is 383 g/mol. The van der Waals surface area contributed by atoms with Crippen molar-refractivity contribution in [3.8, 4) is 16.9 Å². The number of anilines is 1. The number of carbonyl (C=O) groups is 2. The number of hydrogen-bond acceptors (Lipinski definition) is 4. The second-order valence-electron chi connectivity index (χ2n) is 6.18. The minimum absolute atomic E-state index is 0.0825. The predicted molar refractivity (Wildman–Crippen MR) is 101 cm³/mol. The lowest BCUT2D eigenvalue weighted by atomic mass is 10.0. The Morgan fingerprint density at radius 1 is 1.36 bits per heavy atom. The molecule has 0 spiro atoms. The largest absolute Gasteiger partial charge is 0.496 e. The lowest BCUT2D eigenvalue weighted by Crippen LogP contribution is -2.21. The van der Waals surface area contributed by atoms with Crippen LogP contribution in [0.25, 0.3) is 11.1 Å². The van der Waals surface area contributed by atoms with Crippen molar-refractivity contribution in [1.29, 1.82) is 0 Å². The van der Waals surface area contributed by atoms with E-state index in [2.05, 4.69) is 10.2 Å². The first-order valence-electron chi connectivity index (χ1n) is 8.36. The second-order valence-corrected chi connectivity index (χ2v) is 6.18. The summed E-state index contributed by atoms with van der Waals surface area (Å²) < 4.78 is 19.4. The van der Waals surface area contributed by atoms with Gasteiger partial charge < -0.3 is 14.7 Å². The number of rotatable bonds is 7. The molecule has 1 aromatic heterocycles. The van der Waals surface area contributed by atoms with E-state index in [1.54, 1.807) is 30.6 Å². The molecule has 0 unspecified atom stereocenters. The van der Waals surface area contributed by atoms with Crippen molar-refractivity contribution < 1.29 is 23.8 Å². The van der Waals surface area contributed by atoms with E-state index < -0.39 is 17.3 Å². The summed E-state index contributed by atoms with van der Waals surface area (Å²) in [5.41, 5.74) is 2.47. The Morgan fingerprint density at radius 2 is 2.14 bits per heavy atom. The van der Waals surface area contributed by atoms with Crippen molar-refractivity contribution in [2.75, 3.05) is 12.0 Å². The Hall–Kier alpha value is -3.68. The minimum atomic E-state index is -1.36. The molecule has 0 fully saturated rings. The normalized spacial score (nSPS) is 10.5. The van der Waals surface area contributed by atoms with E-state index in [9.17, 15) is 14.0 Å². The van der Waals surface area contributed by atoms with Gasteiger partial charge in [0, 0.05) is 29.1 Å². The smallest absolute Gasteiger partial charge is 0.338 e. The maximum Gasteiger partial charge on any atom is 0.338 e. The number of aryl methyl sites for hydroxylation is 1. The zero-order valence-electron chi connectivity index (χ0n) is 15.3. The number of aromatic carboxylic acids is 1. The SMILES string of the molecule is COc1cc(N(C=O)Cc2cc(C)c(F)c(C(=O)O)c2)ccc1-c1cn[nH]c1. The van der Waals surface area contributed by atoms with Gasteiger partial charge >= 0.3 is 5.97 Å². The van der Waals surface area contributed by atoms with E-state index in [1.807, 2.05) is 0 Å². The van der Waals surface area contributed by atoms with Crippen LogP contribution in [-0.2, 0) is 11.3 Å². The number of carboxylic acid groups (broad SMARTS) is 1. The highest BCUT2D eigenvalue weighted by atomic mass is 19.1. The molecule has 7 nitrogen and oxygen atoms in total. The van der Waals surface area contributed by atoms with Crippen molar-refractivity contribution in [3.63, 3.8) is 0 Å². The average Bonchev–Trinajstić information content (AvgIpc) is 3.22. The van der Waals surface area contributed by atoms with Gasteiger partial charge in [-0.2, -0.15) is 5.10 Å². The molecule has 0 saturated heterocycles. The van der Waals surface area contributed by atoms with Crippen LogP contribution in [0.2, 0.25) is 0 Å². The van der Waals surface area contributed by atoms with Crippen LogP contribution in [0.4, 0.5) is 10.1 Å². The molecular formula is C20H18FN3O4. The van der Waals surface area contributed by atoms with Crippen molar-refractivity contribution in [2.24, 2.45) is 0 Å². The van der Waals surface area contributed by atoms with Gasteiger partial charge in [0.1, 0.15) is 11.6 Å². The number of methoxy groups -OCH3 is 1. The maximum absolute atomic E-state index is 14.0. The molecule has 28 heavy (non-hydrogen) atoms. The number of nitrogens with one attached hydrogen (secondary N) is 1. The quantitative estimate of drug-likeness (QED) is 0.610. The number of H-pyrrole nitrogens is 1. The van der Waals surface area contributed by atoms with Crippen LogP contribution in [0.3, 0.4) is 0 Å². The molecule has 1 amide bonds. The van der Waals surface area contributed by atoms with E-state index in [-0.39, 0.29) is 12.1 Å². The molecule has 144 valence electrons. The first kappa shape index (κ1) is 19.1. The Labute approximate surface area is 160 Å². The van der Waals surface area contributed by atoms with Crippen LogP contribution in [0.1, 0.15) is 21.5 Å². The van der Waals surface area contributed by atoms with Crippen molar-refractivity contribution in [2.45, 2.75) is 13.5 Å². The molecule has 0 aliphatic rings. The molecule has 0 aliphatic carbocycles. The van der Waals surface area contributed by atoms with E-state index in [1.165, 1.54) is 31.1 Å². The predicted octanol–water partition coefficient (Wildman–Crippen LogP) is 3.39. The lowest BCUT2D eigenvalue weighted by molar-refractivity contribution is -0.107. The highest BCUT2D eigenvalue weighted by Crippen LogP contribution is 2.33. The average molecular weight is 383 g/mol. The molecule has 3 rings (SSSR count). The molecular weight excluding hydrogens is 365 g/mol. The van der Waals surface area contributed by atoms with Crippen molar-refractivity contribution >= 4 is 18.1 Å². The van der Waals surface area contributed by atoms with Crippen LogP contribution in [-0.4, -0.2) is 34.8 Å². The number of carboxylic acids is 1. The summed E-state index contributed by atoms with van der Waals surface area (Å²) in [7, 11) is 1.52. The van der Waals surface area contributed by atoms with Crippen LogP contribution in [0.15, 0.2) is 42.7 Å². The second kappa shape index (κ2) is 7.91. The highest BCUT2D eigenvalue weighted by molar-refractivity contribution is 5.88. The molecule has 0 saturated carbocycles. The summed E-state index contributed by atoms with van der Waals surface area (Å²) in [6.45, 7) is 1.57. The van der Waals surface area contributed by atoms with Gasteiger partial charge in [-0.25, -0.2) is 9.18 Å². The molecule has 0 radical (unpaired) electrons. The van der Waals surface area contributed by atoms with E-state index in [0.717, 1.165) is 11.1 Å². The minimum Gasteiger partial charge on any atom is -0.496 e. The highest BCUT2D eigenvalue weighted by Gasteiger charge is 2.17. The van der Waals surface area contributed by atoms with Gasteiger partial charge in [0.15, 0.2) is 0 Å². The number of aromatic nitrogens is 2. The molecule has 2 aromatic carbocycles. The van der Waals surface area contributed by atoms with Gasteiger partial charge in [-0.15, -0.1) is 0 Å². The van der Waals surface area contributed by atoms with Crippen LogP contribution in [0, 0.1) is 12.7 Å². The number of aromatic amines is 1. The number of amides is 1. The fourth-order valence-electron chi connectivity index (χ4n) is 2.97. The fraction of sp³-hybridized carbons (Fsp3) is 0.150. The summed E-state index contributed by atoms with van der Waals surface area (Å²) in [5.74, 6) is -1.58. The summed E-state index contributed by atoms with van der Waals surface area (Å²) in [4.78, 5) is 24.3. The van der Waals surface area contributed by atoms with Crippen LogP contribution >= 0.6 is 0 Å². The van der Waals surface area contributed by atoms with E-state index >= 15 is 0 Å². The molecule has 0 aliphatic heterocycles. The number of ether oxygens (including phenoxy) is 1. The van der Waals surface area contributed by atoms with Gasteiger partial charge in [-0.05, 0) is 36.2 Å². The molecule has 1 heterocycles. The topological polar surface area (TPSA) is 95.5 Å². The zero-order valence-corrected chi connectivity index (χ0v) is 15.3. The number of benzene rings is 2. The first-order valence-corrected chi connectivity index (χ1v) is 8.36. The first-order chi connectivity index (χ1) is 13.4. The molecule has 0 atom stereocenters. The van der Waals surface area contributed by atoms with E-state index in [4.69, 9.17) is 9.84 Å². The number of halogens is 1. The van der Waals surface area contributed by atoms with Crippen molar-refractivity contribution in [3.05, 3.63) is 65.2 Å². The zero-order chi connectivity index (χ0) is 20.3. The van der Waals surface area contributed by atoms with Gasteiger partial charge in [-0.1, -0.05) is 6.07 Å². The molecule has 8 heteroatoms. The Balaban J connectivity index is 1.94. The Kier molecular flexibility index (Phi) is 5.39. The third-order valence-electron chi connectivity index (χ3n) is 4.35. The van der Waals surface area contributed by atoms with E-state index in [0.29, 0.717) is 23.4 Å². The molecule has 2 N–H and O–H groups in total. The summed E-state index contributed by atoms with van der Waals surface area (Å²) in [5, 5.41) is 15.8. The van der Waals surface area contributed by atoms with Gasteiger partial charge in [0.2, 0.25) is 6.41 Å². The standard InChI is InChI=1S/C20H18FN3O4/c1-12-5-13(6-17(19(12)21)20(26)27)10-24(11-25)15-3-4-16(18(7-15)28-2)14-8-22-23-9-14/h3-9,11H,10H2,1-2H3,(H,22,23)(H,26,27). The van der Waals surface area contributed by atoms with Gasteiger partial charge in [0.25, 0.3) is 0 Å². The van der Waals surface area contributed by atoms with Crippen LogP contribution < -0.4 is 9.64 Å². The number of hydrogen-bond donors (Lipinski definition) is 2. The summed E-state index contributed by atoms with van der Waals surface area (Å²) in [6, 6.07) is 8.00. The number of carbonyl (C=O) groups excluding carboxylic acids is 1. The van der Waals surface area contributed by atoms with Crippen molar-refractivity contribution in [1.82, 2.24) is 10.2 Å². The summed E-state index contributed by atoms with van der Waals surface area (Å²) in [6.07, 6.45) is 4.01. The Bertz CT molecular complexity index is 1020. The van der Waals surface area contributed by atoms with Gasteiger partial charge in [0.05, 0.1) is 25.4 Å².